The monoisotopic (exact) mass is 520 g/mol. The normalized spacial score (nSPS) is 25.7. The fraction of sp³-hybridized carbons (Fsp3) is 0.522. The van der Waals surface area contributed by atoms with Crippen molar-refractivity contribution < 1.29 is 23.4 Å². The maximum Gasteiger partial charge on any atom is 0.291 e. The molecule has 2 fully saturated rings. The van der Waals surface area contributed by atoms with E-state index in [4.69, 9.17) is 4.74 Å². The standard InChI is InChI=1S/C23H23BrF2N4O3/c1-22(11-27)9-14(31)10-30(22)21(32)20-28-18(13-7-23(25,26)8-13)19-15-6-16(24)17(33-2)5-12(15)3-4-29(19)20/h5-6,13-14,31H,3-4,7-10H2,1-2H3/t14-,22+/m0/s1. The quantitative estimate of drug-likeness (QED) is 0.662. The van der Waals surface area contributed by atoms with Gasteiger partial charge in [0.2, 0.25) is 5.92 Å². The number of alkyl halides is 2. The van der Waals surface area contributed by atoms with Gasteiger partial charge in [-0.15, -0.1) is 0 Å². The summed E-state index contributed by atoms with van der Waals surface area (Å²) in [5.41, 5.74) is 1.82. The van der Waals surface area contributed by atoms with Gasteiger partial charge in [0.25, 0.3) is 5.91 Å². The Balaban J connectivity index is 1.65. The molecule has 7 nitrogen and oxygen atoms in total. The average molecular weight is 521 g/mol. The zero-order chi connectivity index (χ0) is 23.7. The number of rotatable bonds is 3. The van der Waals surface area contributed by atoms with Crippen molar-refractivity contribution >= 4 is 21.8 Å². The van der Waals surface area contributed by atoms with Crippen LogP contribution in [0.15, 0.2) is 16.6 Å². The number of β-amino-alcohol motifs (C(OH)–C–C–N with tert-alkyl or cyclic N) is 1. The number of carbonyl (C=O) groups is 1. The van der Waals surface area contributed by atoms with E-state index in [0.29, 0.717) is 30.1 Å². The summed E-state index contributed by atoms with van der Waals surface area (Å²) in [6.45, 7) is 2.10. The van der Waals surface area contributed by atoms with E-state index in [9.17, 15) is 23.9 Å². The summed E-state index contributed by atoms with van der Waals surface area (Å²) in [5, 5.41) is 19.8. The van der Waals surface area contributed by atoms with E-state index >= 15 is 0 Å². The van der Waals surface area contributed by atoms with Gasteiger partial charge in [-0.3, -0.25) is 4.79 Å². The molecule has 1 amide bonds. The van der Waals surface area contributed by atoms with Crippen molar-refractivity contribution in [3.63, 3.8) is 0 Å². The van der Waals surface area contributed by atoms with Gasteiger partial charge in [0.15, 0.2) is 5.82 Å². The van der Waals surface area contributed by atoms with Crippen LogP contribution in [0.2, 0.25) is 0 Å². The highest BCUT2D eigenvalue weighted by atomic mass is 79.9. The molecule has 2 aliphatic heterocycles. The zero-order valence-electron chi connectivity index (χ0n) is 18.2. The van der Waals surface area contributed by atoms with Crippen LogP contribution in [-0.2, 0) is 13.0 Å². The molecule has 3 heterocycles. The molecule has 1 aromatic heterocycles. The number of aliphatic hydroxyl groups excluding tert-OH is 1. The van der Waals surface area contributed by atoms with Crippen molar-refractivity contribution in [2.24, 2.45) is 0 Å². The Kier molecular flexibility index (Phi) is 5.07. The lowest BCUT2D eigenvalue weighted by molar-refractivity contribution is -0.0874. The lowest BCUT2D eigenvalue weighted by atomic mass is 9.77. The number of aliphatic hydroxyl groups is 1. The van der Waals surface area contributed by atoms with Crippen LogP contribution in [0.25, 0.3) is 11.3 Å². The van der Waals surface area contributed by atoms with Crippen LogP contribution in [0.5, 0.6) is 5.75 Å². The molecule has 5 rings (SSSR count). The number of carbonyl (C=O) groups excluding carboxylic acids is 1. The van der Waals surface area contributed by atoms with Gasteiger partial charge < -0.3 is 19.3 Å². The van der Waals surface area contributed by atoms with Gasteiger partial charge in [0.1, 0.15) is 11.3 Å². The van der Waals surface area contributed by atoms with E-state index in [1.165, 1.54) is 4.90 Å². The summed E-state index contributed by atoms with van der Waals surface area (Å²) in [5.74, 6) is -2.86. The number of nitriles is 1. The van der Waals surface area contributed by atoms with Gasteiger partial charge in [-0.2, -0.15) is 5.26 Å². The van der Waals surface area contributed by atoms with E-state index in [1.807, 2.05) is 12.1 Å². The molecule has 174 valence electrons. The maximum atomic E-state index is 13.8. The number of benzene rings is 1. The van der Waals surface area contributed by atoms with Gasteiger partial charge in [-0.1, -0.05) is 0 Å². The molecule has 0 spiro atoms. The second-order valence-electron chi connectivity index (χ2n) is 9.34. The molecular formula is C23H23BrF2N4O3. The van der Waals surface area contributed by atoms with Gasteiger partial charge in [0.05, 0.1) is 35.1 Å². The van der Waals surface area contributed by atoms with Crippen molar-refractivity contribution in [2.75, 3.05) is 13.7 Å². The van der Waals surface area contributed by atoms with E-state index in [0.717, 1.165) is 15.6 Å². The van der Waals surface area contributed by atoms with E-state index in [-0.39, 0.29) is 31.6 Å². The van der Waals surface area contributed by atoms with E-state index in [1.54, 1.807) is 18.6 Å². The van der Waals surface area contributed by atoms with Crippen LogP contribution in [-0.4, -0.2) is 56.7 Å². The topological polar surface area (TPSA) is 91.4 Å². The largest absolute Gasteiger partial charge is 0.496 e. The van der Waals surface area contributed by atoms with Crippen molar-refractivity contribution in [1.29, 1.82) is 5.26 Å². The van der Waals surface area contributed by atoms with Gasteiger partial charge in [0, 0.05) is 43.8 Å². The smallest absolute Gasteiger partial charge is 0.291 e. The molecule has 2 atom stereocenters. The summed E-state index contributed by atoms with van der Waals surface area (Å²) >= 11 is 3.50. The first-order valence-corrected chi connectivity index (χ1v) is 11.6. The predicted molar refractivity (Wildman–Crippen MR) is 118 cm³/mol. The SMILES string of the molecule is COc1cc2c(cc1Br)-c1c(C3CC(F)(F)C3)nc(C(=O)N3C[C@@H](O)C[C@]3(C)C#N)n1CC2. The molecule has 2 aromatic rings. The number of hydrogen-bond acceptors (Lipinski definition) is 5. The number of fused-ring (bicyclic) bond motifs is 3. The van der Waals surface area contributed by atoms with Crippen LogP contribution >= 0.6 is 15.9 Å². The van der Waals surface area contributed by atoms with Crippen LogP contribution in [0.3, 0.4) is 0 Å². The average Bonchev–Trinajstić information content (AvgIpc) is 3.28. The molecule has 3 aliphatic rings. The van der Waals surface area contributed by atoms with Crippen LogP contribution < -0.4 is 4.74 Å². The highest BCUT2D eigenvalue weighted by Crippen LogP contribution is 2.51. The minimum Gasteiger partial charge on any atom is -0.496 e. The van der Waals surface area contributed by atoms with Gasteiger partial charge >= 0.3 is 0 Å². The van der Waals surface area contributed by atoms with Gasteiger partial charge in [-0.05, 0) is 47.0 Å². The lowest BCUT2D eigenvalue weighted by Crippen LogP contribution is -2.45. The number of aryl methyl sites for hydroxylation is 1. The van der Waals surface area contributed by atoms with Crippen molar-refractivity contribution in [1.82, 2.24) is 14.5 Å². The molecule has 10 heteroatoms. The maximum absolute atomic E-state index is 13.8. The first kappa shape index (κ1) is 22.3. The van der Waals surface area contributed by atoms with Crippen molar-refractivity contribution in [3.8, 4) is 23.1 Å². The summed E-state index contributed by atoms with van der Waals surface area (Å²) in [4.78, 5) is 19.6. The Hall–Kier alpha value is -2.51. The first-order valence-electron chi connectivity index (χ1n) is 10.8. The molecule has 1 aromatic carbocycles. The fourth-order valence-electron chi connectivity index (χ4n) is 5.27. The Morgan fingerprint density at radius 2 is 2.09 bits per heavy atom. The number of nitrogens with zero attached hydrogens (tertiary/aromatic N) is 4. The molecule has 1 N–H and O–H groups in total. The van der Waals surface area contributed by atoms with Crippen LogP contribution in [0.1, 0.15) is 54.0 Å². The molecule has 0 radical (unpaired) electrons. The molecule has 0 bridgehead atoms. The number of methoxy groups -OCH3 is 1. The lowest BCUT2D eigenvalue weighted by Gasteiger charge is -2.35. The second-order valence-corrected chi connectivity index (χ2v) is 10.2. The number of hydrogen-bond donors (Lipinski definition) is 1. The third-order valence-corrected chi connectivity index (χ3v) is 7.63. The highest BCUT2D eigenvalue weighted by Gasteiger charge is 2.50. The summed E-state index contributed by atoms with van der Waals surface area (Å²) in [6, 6.07) is 5.94. The number of halogens is 3. The van der Waals surface area contributed by atoms with E-state index in [2.05, 4.69) is 27.0 Å². The molecule has 1 aliphatic carbocycles. The third-order valence-electron chi connectivity index (χ3n) is 7.01. The Labute approximate surface area is 198 Å². The number of amides is 1. The minimum absolute atomic E-state index is 0.0290. The third kappa shape index (κ3) is 3.44. The Morgan fingerprint density at radius 3 is 2.73 bits per heavy atom. The first-order chi connectivity index (χ1) is 15.6. The van der Waals surface area contributed by atoms with E-state index < -0.39 is 29.4 Å². The van der Waals surface area contributed by atoms with Crippen molar-refractivity contribution in [2.45, 2.75) is 62.6 Å². The Morgan fingerprint density at radius 1 is 1.36 bits per heavy atom. The number of likely N-dealkylation sites (tertiary alicyclic amines) is 1. The summed E-state index contributed by atoms with van der Waals surface area (Å²) in [6.07, 6.45) is -0.657. The van der Waals surface area contributed by atoms with Gasteiger partial charge in [-0.25, -0.2) is 13.8 Å². The summed E-state index contributed by atoms with van der Waals surface area (Å²) < 4.78 is 35.5. The number of imidazole rings is 1. The molecule has 1 saturated heterocycles. The van der Waals surface area contributed by atoms with Crippen molar-refractivity contribution in [3.05, 3.63) is 33.7 Å². The summed E-state index contributed by atoms with van der Waals surface area (Å²) in [7, 11) is 1.58. The second kappa shape index (κ2) is 7.50. The predicted octanol–water partition coefficient (Wildman–Crippen LogP) is 3.88. The molecule has 0 unspecified atom stereocenters. The molecule has 33 heavy (non-hydrogen) atoms. The highest BCUT2D eigenvalue weighted by molar-refractivity contribution is 9.10. The van der Waals surface area contributed by atoms with Crippen LogP contribution in [0, 0.1) is 11.3 Å². The van der Waals surface area contributed by atoms with Crippen LogP contribution in [0.4, 0.5) is 8.78 Å². The zero-order valence-corrected chi connectivity index (χ0v) is 19.8. The number of ether oxygens (including phenoxy) is 1. The molecular weight excluding hydrogens is 498 g/mol. The number of aromatic nitrogens is 2. The minimum atomic E-state index is -2.73. The fourth-order valence-corrected chi connectivity index (χ4v) is 5.77. The Bertz CT molecular complexity index is 1200. The molecule has 1 saturated carbocycles.